The molecule has 0 spiro atoms. The highest BCUT2D eigenvalue weighted by Gasteiger charge is 2.10. The van der Waals surface area contributed by atoms with Crippen LogP contribution in [-0.4, -0.2) is 36.7 Å². The summed E-state index contributed by atoms with van der Waals surface area (Å²) in [5.74, 6) is -0.176. The highest BCUT2D eigenvalue weighted by molar-refractivity contribution is 5.88. The van der Waals surface area contributed by atoms with Crippen molar-refractivity contribution in [3.8, 4) is 5.75 Å². The van der Waals surface area contributed by atoms with Crippen molar-refractivity contribution >= 4 is 5.97 Å². The third-order valence-corrected chi connectivity index (χ3v) is 2.57. The standard InChI is InChI=1S/C13H19NO3/c1-4-7-14(2)9-11-8-10(13(15)16)5-6-12(11)17-3/h5-6,8H,4,7,9H2,1-3H3,(H,15,16). The SMILES string of the molecule is CCCN(C)Cc1cc(C(=O)O)ccc1OC. The van der Waals surface area contributed by atoms with Crippen molar-refractivity contribution in [2.24, 2.45) is 0 Å². The summed E-state index contributed by atoms with van der Waals surface area (Å²) in [6, 6.07) is 4.94. The van der Waals surface area contributed by atoms with Gasteiger partial charge >= 0.3 is 5.97 Å². The molecule has 1 aromatic rings. The lowest BCUT2D eigenvalue weighted by molar-refractivity contribution is 0.0696. The van der Waals surface area contributed by atoms with Crippen molar-refractivity contribution in [3.63, 3.8) is 0 Å². The lowest BCUT2D eigenvalue weighted by atomic mass is 10.1. The molecule has 0 saturated carbocycles. The zero-order chi connectivity index (χ0) is 12.8. The van der Waals surface area contributed by atoms with Gasteiger partial charge in [0.25, 0.3) is 0 Å². The highest BCUT2D eigenvalue weighted by Crippen LogP contribution is 2.21. The smallest absolute Gasteiger partial charge is 0.335 e. The molecule has 0 aliphatic heterocycles. The Bertz CT molecular complexity index is 390. The minimum absolute atomic E-state index is 0.297. The second-order valence-electron chi connectivity index (χ2n) is 4.07. The Hall–Kier alpha value is -1.55. The van der Waals surface area contributed by atoms with Gasteiger partial charge in [0.05, 0.1) is 12.7 Å². The van der Waals surface area contributed by atoms with E-state index in [1.807, 2.05) is 7.05 Å². The molecule has 0 aromatic heterocycles. The van der Waals surface area contributed by atoms with Crippen LogP contribution in [0.5, 0.6) is 5.75 Å². The van der Waals surface area contributed by atoms with Crippen LogP contribution in [0, 0.1) is 0 Å². The Morgan fingerprint density at radius 2 is 2.18 bits per heavy atom. The summed E-state index contributed by atoms with van der Waals surface area (Å²) in [5.41, 5.74) is 1.20. The molecule has 0 unspecified atom stereocenters. The van der Waals surface area contributed by atoms with Gasteiger partial charge in [-0.15, -0.1) is 0 Å². The van der Waals surface area contributed by atoms with Crippen molar-refractivity contribution in [2.45, 2.75) is 19.9 Å². The molecule has 0 saturated heterocycles. The fourth-order valence-electron chi connectivity index (χ4n) is 1.79. The van der Waals surface area contributed by atoms with Crippen LogP contribution >= 0.6 is 0 Å². The van der Waals surface area contributed by atoms with Crippen molar-refractivity contribution in [2.75, 3.05) is 20.7 Å². The molecule has 1 aromatic carbocycles. The minimum atomic E-state index is -0.910. The van der Waals surface area contributed by atoms with Gasteiger partial charge in [0.15, 0.2) is 0 Å². The van der Waals surface area contributed by atoms with E-state index in [9.17, 15) is 4.79 Å². The molecule has 0 bridgehead atoms. The predicted molar refractivity (Wildman–Crippen MR) is 66.6 cm³/mol. The average molecular weight is 237 g/mol. The number of carboxylic acids is 1. The van der Waals surface area contributed by atoms with Crippen LogP contribution in [0.25, 0.3) is 0 Å². The first kappa shape index (κ1) is 13.5. The van der Waals surface area contributed by atoms with Gasteiger partial charge in [-0.25, -0.2) is 4.79 Å². The fourth-order valence-corrected chi connectivity index (χ4v) is 1.79. The van der Waals surface area contributed by atoms with Crippen LogP contribution in [0.1, 0.15) is 29.3 Å². The van der Waals surface area contributed by atoms with Crippen molar-refractivity contribution in [3.05, 3.63) is 29.3 Å². The maximum atomic E-state index is 10.9. The molecule has 0 fully saturated rings. The largest absolute Gasteiger partial charge is 0.496 e. The van der Waals surface area contributed by atoms with Gasteiger partial charge in [0.2, 0.25) is 0 Å². The number of ether oxygens (including phenoxy) is 1. The monoisotopic (exact) mass is 237 g/mol. The summed E-state index contributed by atoms with van der Waals surface area (Å²) in [6.07, 6.45) is 1.07. The molecule has 0 amide bonds. The second kappa shape index (κ2) is 6.25. The first-order valence-corrected chi connectivity index (χ1v) is 5.67. The Kier molecular flexibility index (Phi) is 4.97. The van der Waals surface area contributed by atoms with Gasteiger partial charge < -0.3 is 14.7 Å². The zero-order valence-corrected chi connectivity index (χ0v) is 10.6. The Morgan fingerprint density at radius 3 is 2.71 bits per heavy atom. The molecular weight excluding hydrogens is 218 g/mol. The van der Waals surface area contributed by atoms with Crippen molar-refractivity contribution in [1.82, 2.24) is 4.90 Å². The van der Waals surface area contributed by atoms with E-state index in [1.54, 1.807) is 25.3 Å². The molecular formula is C13H19NO3. The molecule has 0 heterocycles. The van der Waals surface area contributed by atoms with E-state index in [4.69, 9.17) is 9.84 Å². The molecule has 1 rings (SSSR count). The molecule has 4 heteroatoms. The van der Waals surface area contributed by atoms with Crippen LogP contribution < -0.4 is 4.74 Å². The highest BCUT2D eigenvalue weighted by atomic mass is 16.5. The van der Waals surface area contributed by atoms with Gasteiger partial charge in [-0.1, -0.05) is 6.92 Å². The van der Waals surface area contributed by atoms with E-state index in [-0.39, 0.29) is 0 Å². The number of hydrogen-bond acceptors (Lipinski definition) is 3. The van der Waals surface area contributed by atoms with Gasteiger partial charge in [-0.2, -0.15) is 0 Å². The van der Waals surface area contributed by atoms with E-state index in [2.05, 4.69) is 11.8 Å². The van der Waals surface area contributed by atoms with Crippen LogP contribution in [0.4, 0.5) is 0 Å². The number of methoxy groups -OCH3 is 1. The van der Waals surface area contributed by atoms with Crippen molar-refractivity contribution in [1.29, 1.82) is 0 Å². The Morgan fingerprint density at radius 1 is 1.47 bits per heavy atom. The maximum Gasteiger partial charge on any atom is 0.335 e. The number of carboxylic acid groups (broad SMARTS) is 1. The minimum Gasteiger partial charge on any atom is -0.496 e. The van der Waals surface area contributed by atoms with Gasteiger partial charge in [-0.05, 0) is 38.2 Å². The summed E-state index contributed by atoms with van der Waals surface area (Å²) >= 11 is 0. The lowest BCUT2D eigenvalue weighted by Gasteiger charge is -2.17. The quantitative estimate of drug-likeness (QED) is 0.824. The molecule has 1 N–H and O–H groups in total. The summed E-state index contributed by atoms with van der Waals surface area (Å²) < 4.78 is 5.24. The average Bonchev–Trinajstić information content (AvgIpc) is 2.29. The summed E-state index contributed by atoms with van der Waals surface area (Å²) in [5, 5.41) is 8.96. The Balaban J connectivity index is 2.93. The van der Waals surface area contributed by atoms with Crippen LogP contribution in [0.15, 0.2) is 18.2 Å². The van der Waals surface area contributed by atoms with Gasteiger partial charge in [0.1, 0.15) is 5.75 Å². The van der Waals surface area contributed by atoms with Crippen LogP contribution in [0.2, 0.25) is 0 Å². The molecule has 4 nitrogen and oxygen atoms in total. The summed E-state index contributed by atoms with van der Waals surface area (Å²) in [4.78, 5) is 13.1. The topological polar surface area (TPSA) is 49.8 Å². The fraction of sp³-hybridized carbons (Fsp3) is 0.462. The van der Waals surface area contributed by atoms with E-state index >= 15 is 0 Å². The number of hydrogen-bond donors (Lipinski definition) is 1. The van der Waals surface area contributed by atoms with E-state index < -0.39 is 5.97 Å². The molecule has 0 atom stereocenters. The molecule has 94 valence electrons. The molecule has 0 aliphatic rings. The van der Waals surface area contributed by atoms with Crippen molar-refractivity contribution < 1.29 is 14.6 Å². The normalized spacial score (nSPS) is 10.6. The predicted octanol–water partition coefficient (Wildman–Crippen LogP) is 2.24. The van der Waals surface area contributed by atoms with Crippen LogP contribution in [-0.2, 0) is 6.54 Å². The number of benzene rings is 1. The second-order valence-corrected chi connectivity index (χ2v) is 4.07. The first-order valence-electron chi connectivity index (χ1n) is 5.67. The summed E-state index contributed by atoms with van der Waals surface area (Å²) in [7, 11) is 3.61. The molecule has 0 aliphatic carbocycles. The lowest BCUT2D eigenvalue weighted by Crippen LogP contribution is -2.19. The third kappa shape index (κ3) is 3.75. The molecule has 17 heavy (non-hydrogen) atoms. The van der Waals surface area contributed by atoms with E-state index in [1.165, 1.54) is 0 Å². The number of aromatic carboxylic acids is 1. The van der Waals surface area contributed by atoms with Gasteiger partial charge in [0, 0.05) is 12.1 Å². The number of rotatable bonds is 6. The zero-order valence-electron chi connectivity index (χ0n) is 10.6. The number of nitrogens with zero attached hydrogens (tertiary/aromatic N) is 1. The van der Waals surface area contributed by atoms with Gasteiger partial charge in [-0.3, -0.25) is 0 Å². The maximum absolute atomic E-state index is 10.9. The van der Waals surface area contributed by atoms with E-state index in [0.717, 1.165) is 24.3 Å². The first-order chi connectivity index (χ1) is 8.08. The summed E-state index contributed by atoms with van der Waals surface area (Å²) in [6.45, 7) is 3.78. The Labute approximate surface area is 102 Å². The third-order valence-electron chi connectivity index (χ3n) is 2.57. The van der Waals surface area contributed by atoms with Crippen LogP contribution in [0.3, 0.4) is 0 Å². The van der Waals surface area contributed by atoms with E-state index in [0.29, 0.717) is 12.1 Å². The number of carbonyl (C=O) groups is 1. The molecule has 0 radical (unpaired) electrons.